The standard InChI is InChI=1S/C17H30N4/c1-14(2)16(20(3)4)13-19-15-8-11-21(12-9-15)17-7-5-6-10-18-17/h5-7,10,14-16,19H,8-9,11-13H2,1-4H3. The van der Waals surface area contributed by atoms with Crippen LogP contribution in [0.3, 0.4) is 0 Å². The summed E-state index contributed by atoms with van der Waals surface area (Å²) in [6, 6.07) is 7.40. The topological polar surface area (TPSA) is 31.4 Å². The van der Waals surface area contributed by atoms with Crippen molar-refractivity contribution >= 4 is 5.82 Å². The zero-order valence-corrected chi connectivity index (χ0v) is 13.9. The van der Waals surface area contributed by atoms with Gasteiger partial charge in [0.05, 0.1) is 0 Å². The lowest BCUT2D eigenvalue weighted by Crippen LogP contribution is -2.48. The Bertz CT molecular complexity index is 389. The molecule has 1 aliphatic rings. The van der Waals surface area contributed by atoms with Gasteiger partial charge >= 0.3 is 0 Å². The number of nitrogens with one attached hydrogen (secondary N) is 1. The Morgan fingerprint density at radius 3 is 2.52 bits per heavy atom. The summed E-state index contributed by atoms with van der Waals surface area (Å²) in [6.45, 7) is 7.89. The number of anilines is 1. The second kappa shape index (κ2) is 7.76. The van der Waals surface area contributed by atoms with Crippen LogP contribution in [-0.4, -0.2) is 55.7 Å². The minimum atomic E-state index is 0.610. The maximum absolute atomic E-state index is 4.45. The van der Waals surface area contributed by atoms with Gasteiger partial charge in [-0.2, -0.15) is 0 Å². The highest BCUT2D eigenvalue weighted by Gasteiger charge is 2.22. The zero-order valence-electron chi connectivity index (χ0n) is 13.9. The van der Waals surface area contributed by atoms with Crippen LogP contribution in [0.15, 0.2) is 24.4 Å². The van der Waals surface area contributed by atoms with Crippen molar-refractivity contribution in [2.24, 2.45) is 5.92 Å². The molecule has 118 valence electrons. The van der Waals surface area contributed by atoms with Gasteiger partial charge in [-0.05, 0) is 45.0 Å². The molecule has 2 heterocycles. The fourth-order valence-corrected chi connectivity index (χ4v) is 3.16. The molecule has 21 heavy (non-hydrogen) atoms. The second-order valence-electron chi connectivity index (χ2n) is 6.63. The van der Waals surface area contributed by atoms with Gasteiger partial charge in [0.15, 0.2) is 0 Å². The van der Waals surface area contributed by atoms with E-state index in [0.29, 0.717) is 18.0 Å². The number of hydrogen-bond acceptors (Lipinski definition) is 4. The Morgan fingerprint density at radius 1 is 1.29 bits per heavy atom. The molecule has 0 aromatic carbocycles. The number of likely N-dealkylation sites (N-methyl/N-ethyl adjacent to an activating group) is 1. The van der Waals surface area contributed by atoms with Crippen LogP contribution in [0.1, 0.15) is 26.7 Å². The maximum Gasteiger partial charge on any atom is 0.128 e. The molecule has 1 atom stereocenters. The lowest BCUT2D eigenvalue weighted by atomic mass is 10.0. The van der Waals surface area contributed by atoms with Crippen LogP contribution >= 0.6 is 0 Å². The molecule has 1 saturated heterocycles. The van der Waals surface area contributed by atoms with Crippen molar-refractivity contribution in [2.45, 2.75) is 38.8 Å². The first kappa shape index (κ1) is 16.2. The summed E-state index contributed by atoms with van der Waals surface area (Å²) in [5, 5.41) is 3.77. The van der Waals surface area contributed by atoms with Gasteiger partial charge in [0, 0.05) is 37.9 Å². The highest BCUT2D eigenvalue weighted by atomic mass is 15.2. The Balaban J connectivity index is 1.77. The molecule has 1 fully saturated rings. The molecular weight excluding hydrogens is 260 g/mol. The molecule has 1 unspecified atom stereocenters. The van der Waals surface area contributed by atoms with E-state index in [1.165, 1.54) is 12.8 Å². The maximum atomic E-state index is 4.45. The molecule has 0 radical (unpaired) electrons. The fourth-order valence-electron chi connectivity index (χ4n) is 3.16. The van der Waals surface area contributed by atoms with Gasteiger partial charge in [0.2, 0.25) is 0 Å². The molecule has 1 aromatic rings. The monoisotopic (exact) mass is 290 g/mol. The Kier molecular flexibility index (Phi) is 6.00. The number of rotatable bonds is 6. The normalized spacial score (nSPS) is 18.5. The Labute approximate surface area is 129 Å². The van der Waals surface area contributed by atoms with Crippen molar-refractivity contribution in [2.75, 3.05) is 38.6 Å². The summed E-state index contributed by atoms with van der Waals surface area (Å²) >= 11 is 0. The molecule has 1 N–H and O–H groups in total. The van der Waals surface area contributed by atoms with E-state index in [-0.39, 0.29) is 0 Å². The van der Waals surface area contributed by atoms with Gasteiger partial charge in [0.25, 0.3) is 0 Å². The van der Waals surface area contributed by atoms with Crippen LogP contribution in [0.2, 0.25) is 0 Å². The molecule has 0 bridgehead atoms. The van der Waals surface area contributed by atoms with E-state index in [0.717, 1.165) is 25.5 Å². The predicted molar refractivity (Wildman–Crippen MR) is 89.8 cm³/mol. The van der Waals surface area contributed by atoms with Gasteiger partial charge in [-0.3, -0.25) is 0 Å². The largest absolute Gasteiger partial charge is 0.357 e. The van der Waals surface area contributed by atoms with Crippen LogP contribution < -0.4 is 10.2 Å². The Morgan fingerprint density at radius 2 is 2.00 bits per heavy atom. The number of aromatic nitrogens is 1. The lowest BCUT2D eigenvalue weighted by Gasteiger charge is -2.35. The first-order valence-corrected chi connectivity index (χ1v) is 8.13. The number of piperidine rings is 1. The molecule has 4 nitrogen and oxygen atoms in total. The third kappa shape index (κ3) is 4.68. The first-order valence-electron chi connectivity index (χ1n) is 8.13. The van der Waals surface area contributed by atoms with Crippen molar-refractivity contribution in [3.63, 3.8) is 0 Å². The minimum Gasteiger partial charge on any atom is -0.357 e. The second-order valence-corrected chi connectivity index (χ2v) is 6.63. The van der Waals surface area contributed by atoms with Gasteiger partial charge < -0.3 is 15.1 Å². The van der Waals surface area contributed by atoms with Gasteiger partial charge in [-0.15, -0.1) is 0 Å². The fraction of sp³-hybridized carbons (Fsp3) is 0.706. The highest BCUT2D eigenvalue weighted by molar-refractivity contribution is 5.38. The zero-order chi connectivity index (χ0) is 15.2. The summed E-state index contributed by atoms with van der Waals surface area (Å²) < 4.78 is 0. The third-order valence-electron chi connectivity index (χ3n) is 4.52. The molecular formula is C17H30N4. The number of hydrogen-bond donors (Lipinski definition) is 1. The van der Waals surface area contributed by atoms with Gasteiger partial charge in [-0.1, -0.05) is 19.9 Å². The molecule has 0 spiro atoms. The van der Waals surface area contributed by atoms with Crippen molar-refractivity contribution < 1.29 is 0 Å². The average Bonchev–Trinajstić information content (AvgIpc) is 2.48. The number of pyridine rings is 1. The molecule has 4 heteroatoms. The van der Waals surface area contributed by atoms with Gasteiger partial charge in [-0.25, -0.2) is 4.98 Å². The van der Waals surface area contributed by atoms with Crippen LogP contribution in [0.25, 0.3) is 0 Å². The van der Waals surface area contributed by atoms with E-state index in [2.05, 4.69) is 60.2 Å². The minimum absolute atomic E-state index is 0.610. The van der Waals surface area contributed by atoms with Crippen molar-refractivity contribution in [3.8, 4) is 0 Å². The summed E-state index contributed by atoms with van der Waals surface area (Å²) in [4.78, 5) is 9.17. The molecule has 2 rings (SSSR count). The van der Waals surface area contributed by atoms with Gasteiger partial charge in [0.1, 0.15) is 5.82 Å². The van der Waals surface area contributed by atoms with E-state index in [1.807, 2.05) is 12.3 Å². The quantitative estimate of drug-likeness (QED) is 0.870. The molecule has 0 saturated carbocycles. The summed E-state index contributed by atoms with van der Waals surface area (Å²) in [7, 11) is 4.35. The molecule has 0 amide bonds. The summed E-state index contributed by atoms with van der Waals surface area (Å²) in [6.07, 6.45) is 4.29. The van der Waals surface area contributed by atoms with E-state index in [4.69, 9.17) is 0 Å². The average molecular weight is 290 g/mol. The van der Waals surface area contributed by atoms with Crippen molar-refractivity contribution in [1.82, 2.24) is 15.2 Å². The van der Waals surface area contributed by atoms with E-state index >= 15 is 0 Å². The van der Waals surface area contributed by atoms with Crippen LogP contribution in [0.4, 0.5) is 5.82 Å². The van der Waals surface area contributed by atoms with Crippen LogP contribution in [0, 0.1) is 5.92 Å². The van der Waals surface area contributed by atoms with E-state index in [1.54, 1.807) is 0 Å². The highest BCUT2D eigenvalue weighted by Crippen LogP contribution is 2.17. The predicted octanol–water partition coefficient (Wildman–Crippen LogP) is 2.23. The van der Waals surface area contributed by atoms with Crippen LogP contribution in [-0.2, 0) is 0 Å². The SMILES string of the molecule is CC(C)C(CNC1CCN(c2ccccn2)CC1)N(C)C. The summed E-state index contributed by atoms with van der Waals surface area (Å²) in [5.41, 5.74) is 0. The number of nitrogens with zero attached hydrogens (tertiary/aromatic N) is 3. The van der Waals surface area contributed by atoms with Crippen molar-refractivity contribution in [3.05, 3.63) is 24.4 Å². The van der Waals surface area contributed by atoms with Crippen LogP contribution in [0.5, 0.6) is 0 Å². The summed E-state index contributed by atoms with van der Waals surface area (Å²) in [5.74, 6) is 1.80. The molecule has 0 aliphatic carbocycles. The lowest BCUT2D eigenvalue weighted by molar-refractivity contribution is 0.214. The van der Waals surface area contributed by atoms with E-state index in [9.17, 15) is 0 Å². The Hall–Kier alpha value is -1.13. The smallest absolute Gasteiger partial charge is 0.128 e. The molecule has 1 aliphatic heterocycles. The van der Waals surface area contributed by atoms with E-state index < -0.39 is 0 Å². The molecule has 1 aromatic heterocycles. The van der Waals surface area contributed by atoms with Crippen molar-refractivity contribution in [1.29, 1.82) is 0 Å². The first-order chi connectivity index (χ1) is 10.1. The third-order valence-corrected chi connectivity index (χ3v) is 4.52.